The molecule has 8 nitrogen and oxygen atoms in total. The van der Waals surface area contributed by atoms with E-state index in [9.17, 15) is 19.7 Å². The number of nitrogens with zero attached hydrogens (tertiary/aromatic N) is 2. The summed E-state index contributed by atoms with van der Waals surface area (Å²) in [4.78, 5) is 36.1. The molecule has 0 aromatic heterocycles. The van der Waals surface area contributed by atoms with Gasteiger partial charge in [-0.25, -0.2) is 9.59 Å². The van der Waals surface area contributed by atoms with Crippen LogP contribution in [0, 0.1) is 10.1 Å². The summed E-state index contributed by atoms with van der Waals surface area (Å²) in [5.74, 6) is -0.614. The monoisotopic (exact) mass is 350 g/mol. The van der Waals surface area contributed by atoms with E-state index in [0.29, 0.717) is 38.1 Å². The van der Waals surface area contributed by atoms with Crippen LogP contribution in [-0.2, 0) is 9.47 Å². The first-order chi connectivity index (χ1) is 12.0. The zero-order valence-corrected chi connectivity index (χ0v) is 14.4. The van der Waals surface area contributed by atoms with E-state index in [2.05, 4.69) is 0 Å². The maximum absolute atomic E-state index is 11.8. The zero-order valence-electron chi connectivity index (χ0n) is 14.4. The molecular formula is C17H22N2O6. The van der Waals surface area contributed by atoms with Gasteiger partial charge in [-0.3, -0.25) is 10.1 Å². The molecule has 1 aliphatic heterocycles. The van der Waals surface area contributed by atoms with Crippen molar-refractivity contribution in [2.75, 3.05) is 26.3 Å². The summed E-state index contributed by atoms with van der Waals surface area (Å²) >= 11 is 0. The molecule has 0 saturated carbocycles. The van der Waals surface area contributed by atoms with Gasteiger partial charge in [0.15, 0.2) is 0 Å². The summed E-state index contributed by atoms with van der Waals surface area (Å²) in [7, 11) is 0. The lowest BCUT2D eigenvalue weighted by Crippen LogP contribution is -2.38. The molecular weight excluding hydrogens is 328 g/mol. The number of benzene rings is 1. The first kappa shape index (κ1) is 18.7. The standard InChI is InChI=1S/C17H22N2O6/c1-3-24-16(20)13-5-6-14(15(11-13)19(22)23)12-7-9-18(10-8-12)17(21)25-4-2/h5-6,11-12H,3-4,7-10H2,1-2H3. The smallest absolute Gasteiger partial charge is 0.409 e. The molecule has 0 radical (unpaired) electrons. The number of piperidine rings is 1. The molecule has 0 unspecified atom stereocenters. The highest BCUT2D eigenvalue weighted by molar-refractivity contribution is 5.90. The van der Waals surface area contributed by atoms with E-state index < -0.39 is 10.9 Å². The van der Waals surface area contributed by atoms with Crippen molar-refractivity contribution in [3.05, 3.63) is 39.4 Å². The number of esters is 1. The molecule has 1 aromatic rings. The fourth-order valence-electron chi connectivity index (χ4n) is 2.98. The van der Waals surface area contributed by atoms with Crippen molar-refractivity contribution >= 4 is 17.7 Å². The van der Waals surface area contributed by atoms with Crippen LogP contribution in [0.5, 0.6) is 0 Å². The predicted octanol–water partition coefficient (Wildman–Crippen LogP) is 3.11. The number of carbonyl (C=O) groups excluding carboxylic acids is 2. The van der Waals surface area contributed by atoms with E-state index in [0.717, 1.165) is 0 Å². The van der Waals surface area contributed by atoms with Crippen LogP contribution in [0.2, 0.25) is 0 Å². The van der Waals surface area contributed by atoms with Gasteiger partial charge < -0.3 is 14.4 Å². The Bertz CT molecular complexity index is 653. The Morgan fingerprint density at radius 2 is 1.84 bits per heavy atom. The Labute approximate surface area is 145 Å². The summed E-state index contributed by atoms with van der Waals surface area (Å²) in [5.41, 5.74) is 0.669. The Morgan fingerprint density at radius 1 is 1.20 bits per heavy atom. The van der Waals surface area contributed by atoms with Crippen molar-refractivity contribution in [2.24, 2.45) is 0 Å². The van der Waals surface area contributed by atoms with Crippen LogP contribution in [0.15, 0.2) is 18.2 Å². The van der Waals surface area contributed by atoms with Crippen molar-refractivity contribution in [3.8, 4) is 0 Å². The van der Waals surface area contributed by atoms with Crippen LogP contribution in [0.1, 0.15) is 48.5 Å². The first-order valence-corrected chi connectivity index (χ1v) is 8.35. The van der Waals surface area contributed by atoms with Gasteiger partial charge in [-0.15, -0.1) is 0 Å². The highest BCUT2D eigenvalue weighted by Gasteiger charge is 2.29. The molecule has 1 heterocycles. The lowest BCUT2D eigenvalue weighted by Gasteiger charge is -2.31. The van der Waals surface area contributed by atoms with E-state index in [4.69, 9.17) is 9.47 Å². The SMILES string of the molecule is CCOC(=O)c1ccc(C2CCN(C(=O)OCC)CC2)c([N+](=O)[O-])c1. The highest BCUT2D eigenvalue weighted by Crippen LogP contribution is 2.35. The van der Waals surface area contributed by atoms with Crippen LogP contribution in [-0.4, -0.2) is 48.2 Å². The summed E-state index contributed by atoms with van der Waals surface area (Å²) < 4.78 is 9.87. The number of ether oxygens (including phenoxy) is 2. The predicted molar refractivity (Wildman–Crippen MR) is 89.6 cm³/mol. The van der Waals surface area contributed by atoms with Gasteiger partial charge >= 0.3 is 12.1 Å². The van der Waals surface area contributed by atoms with Crippen molar-refractivity contribution in [3.63, 3.8) is 0 Å². The number of carbonyl (C=O) groups is 2. The molecule has 8 heteroatoms. The van der Waals surface area contributed by atoms with Gasteiger partial charge in [0.05, 0.1) is 23.7 Å². The minimum Gasteiger partial charge on any atom is -0.462 e. The second-order valence-electron chi connectivity index (χ2n) is 5.71. The van der Waals surface area contributed by atoms with Crippen molar-refractivity contribution in [1.29, 1.82) is 0 Å². The zero-order chi connectivity index (χ0) is 18.4. The Kier molecular flexibility index (Phi) is 6.32. The third-order valence-electron chi connectivity index (χ3n) is 4.20. The van der Waals surface area contributed by atoms with Crippen LogP contribution < -0.4 is 0 Å². The minimum atomic E-state index is -0.575. The molecule has 0 spiro atoms. The van der Waals surface area contributed by atoms with Crippen LogP contribution in [0.25, 0.3) is 0 Å². The lowest BCUT2D eigenvalue weighted by atomic mass is 9.88. The van der Waals surface area contributed by atoms with Gasteiger partial charge in [-0.05, 0) is 38.7 Å². The van der Waals surface area contributed by atoms with E-state index in [1.807, 2.05) is 0 Å². The Balaban J connectivity index is 2.15. The number of hydrogen-bond donors (Lipinski definition) is 0. The number of rotatable bonds is 5. The molecule has 0 bridgehead atoms. The van der Waals surface area contributed by atoms with Gasteiger partial charge in [-0.1, -0.05) is 6.07 Å². The quantitative estimate of drug-likeness (QED) is 0.460. The normalized spacial score (nSPS) is 14.9. The van der Waals surface area contributed by atoms with Gasteiger partial charge in [0.2, 0.25) is 0 Å². The third kappa shape index (κ3) is 4.46. The molecule has 0 N–H and O–H groups in total. The van der Waals surface area contributed by atoms with E-state index in [1.54, 1.807) is 30.9 Å². The van der Waals surface area contributed by atoms with Gasteiger partial charge in [0.1, 0.15) is 0 Å². The number of amides is 1. The molecule has 2 rings (SSSR count). The molecule has 1 saturated heterocycles. The average molecular weight is 350 g/mol. The molecule has 0 atom stereocenters. The Hall–Kier alpha value is -2.64. The molecule has 136 valence electrons. The second kappa shape index (κ2) is 8.46. The number of likely N-dealkylation sites (tertiary alicyclic amines) is 1. The average Bonchev–Trinajstić information content (AvgIpc) is 2.61. The topological polar surface area (TPSA) is 99.0 Å². The number of nitro benzene ring substituents is 1. The van der Waals surface area contributed by atoms with Gasteiger partial charge in [-0.2, -0.15) is 0 Å². The number of hydrogen-bond acceptors (Lipinski definition) is 6. The van der Waals surface area contributed by atoms with Crippen molar-refractivity contribution in [1.82, 2.24) is 4.90 Å². The molecule has 1 amide bonds. The lowest BCUT2D eigenvalue weighted by molar-refractivity contribution is -0.385. The van der Waals surface area contributed by atoms with Crippen molar-refractivity contribution < 1.29 is 24.0 Å². The molecule has 1 aromatic carbocycles. The van der Waals surface area contributed by atoms with Gasteiger partial charge in [0.25, 0.3) is 5.69 Å². The fraction of sp³-hybridized carbons (Fsp3) is 0.529. The number of nitro groups is 1. The molecule has 1 aliphatic rings. The van der Waals surface area contributed by atoms with Crippen LogP contribution >= 0.6 is 0 Å². The molecule has 0 aliphatic carbocycles. The summed E-state index contributed by atoms with van der Waals surface area (Å²) in [6.45, 7) is 4.93. The minimum absolute atomic E-state index is 0.0395. The Morgan fingerprint density at radius 3 is 2.40 bits per heavy atom. The third-order valence-corrected chi connectivity index (χ3v) is 4.20. The fourth-order valence-corrected chi connectivity index (χ4v) is 2.98. The maximum atomic E-state index is 11.8. The summed E-state index contributed by atoms with van der Waals surface area (Å²) in [6.07, 6.45) is 0.865. The van der Waals surface area contributed by atoms with E-state index >= 15 is 0 Å². The molecule has 25 heavy (non-hydrogen) atoms. The van der Waals surface area contributed by atoms with Crippen LogP contribution in [0.4, 0.5) is 10.5 Å². The largest absolute Gasteiger partial charge is 0.462 e. The molecule has 1 fully saturated rings. The second-order valence-corrected chi connectivity index (χ2v) is 5.71. The van der Waals surface area contributed by atoms with E-state index in [-0.39, 0.29) is 29.9 Å². The highest BCUT2D eigenvalue weighted by atomic mass is 16.6. The van der Waals surface area contributed by atoms with Crippen molar-refractivity contribution in [2.45, 2.75) is 32.6 Å². The first-order valence-electron chi connectivity index (χ1n) is 8.35. The van der Waals surface area contributed by atoms with E-state index in [1.165, 1.54) is 6.07 Å². The summed E-state index contributed by atoms with van der Waals surface area (Å²) in [5, 5.41) is 11.4. The maximum Gasteiger partial charge on any atom is 0.409 e. The summed E-state index contributed by atoms with van der Waals surface area (Å²) in [6, 6.07) is 4.44. The van der Waals surface area contributed by atoms with Gasteiger partial charge in [0, 0.05) is 24.7 Å². The van der Waals surface area contributed by atoms with Crippen LogP contribution in [0.3, 0.4) is 0 Å².